The number of carboxylic acid groups (broad SMARTS) is 1. The molecule has 68 valence electrons. The second kappa shape index (κ2) is 2.97. The summed E-state index contributed by atoms with van der Waals surface area (Å²) in [4.78, 5) is 10.6. The summed E-state index contributed by atoms with van der Waals surface area (Å²) in [6, 6.07) is 6.64. The Hall–Kier alpha value is -1.71. The summed E-state index contributed by atoms with van der Waals surface area (Å²) < 4.78 is 5.25. The number of hydrogen-bond acceptors (Lipinski definition) is 3. The summed E-state index contributed by atoms with van der Waals surface area (Å²) in [5.41, 5.74) is 0.737. The van der Waals surface area contributed by atoms with Crippen molar-refractivity contribution in [2.75, 3.05) is 11.9 Å². The highest BCUT2D eigenvalue weighted by Gasteiger charge is 2.23. The quantitative estimate of drug-likeness (QED) is 0.673. The van der Waals surface area contributed by atoms with Crippen molar-refractivity contribution in [3.8, 4) is 5.75 Å². The molecular formula is C9H9NO3. The molecule has 1 unspecified atom stereocenters. The predicted octanol–water partition coefficient (Wildman–Crippen LogP) is 0.944. The number of fused-ring (bicyclic) bond motifs is 1. The average molecular weight is 179 g/mol. The zero-order valence-corrected chi connectivity index (χ0v) is 6.86. The second-order valence-electron chi connectivity index (χ2n) is 2.84. The van der Waals surface area contributed by atoms with Crippen LogP contribution in [0, 0.1) is 0 Å². The highest BCUT2D eigenvalue weighted by Crippen LogP contribution is 2.27. The summed E-state index contributed by atoms with van der Waals surface area (Å²) in [6.45, 7) is 0.173. The third-order valence-corrected chi connectivity index (χ3v) is 1.92. The lowest BCUT2D eigenvalue weighted by atomic mass is 10.2. The maximum Gasteiger partial charge on any atom is 0.329 e. The van der Waals surface area contributed by atoms with Gasteiger partial charge in [0, 0.05) is 0 Å². The van der Waals surface area contributed by atoms with Crippen molar-refractivity contribution in [3.63, 3.8) is 0 Å². The molecule has 0 aliphatic carbocycles. The van der Waals surface area contributed by atoms with Gasteiger partial charge in [0.05, 0.1) is 5.69 Å². The monoisotopic (exact) mass is 179 g/mol. The molecule has 0 amide bonds. The Morgan fingerprint density at radius 1 is 1.54 bits per heavy atom. The van der Waals surface area contributed by atoms with E-state index in [-0.39, 0.29) is 6.61 Å². The van der Waals surface area contributed by atoms with Gasteiger partial charge in [-0.05, 0) is 12.1 Å². The number of carboxylic acids is 1. The highest BCUT2D eigenvalue weighted by molar-refractivity contribution is 5.79. The fraction of sp³-hybridized carbons (Fsp3) is 0.222. The highest BCUT2D eigenvalue weighted by atomic mass is 16.5. The molecule has 0 saturated carbocycles. The van der Waals surface area contributed by atoms with Crippen LogP contribution in [0.1, 0.15) is 0 Å². The van der Waals surface area contributed by atoms with E-state index < -0.39 is 12.0 Å². The Kier molecular flexibility index (Phi) is 1.81. The van der Waals surface area contributed by atoms with Gasteiger partial charge < -0.3 is 15.2 Å². The van der Waals surface area contributed by atoms with Crippen LogP contribution < -0.4 is 10.1 Å². The van der Waals surface area contributed by atoms with E-state index >= 15 is 0 Å². The maximum absolute atomic E-state index is 10.6. The first-order valence-electron chi connectivity index (χ1n) is 3.98. The molecule has 1 aliphatic rings. The van der Waals surface area contributed by atoms with Gasteiger partial charge >= 0.3 is 5.97 Å². The summed E-state index contributed by atoms with van der Waals surface area (Å²) >= 11 is 0. The molecular weight excluding hydrogens is 170 g/mol. The van der Waals surface area contributed by atoms with Crippen molar-refractivity contribution in [2.45, 2.75) is 6.04 Å². The van der Waals surface area contributed by atoms with E-state index in [0.29, 0.717) is 5.75 Å². The van der Waals surface area contributed by atoms with Crippen LogP contribution in [0.4, 0.5) is 5.69 Å². The smallest absolute Gasteiger partial charge is 0.329 e. The molecule has 0 spiro atoms. The molecule has 4 heteroatoms. The van der Waals surface area contributed by atoms with Gasteiger partial charge in [0.2, 0.25) is 0 Å². The van der Waals surface area contributed by atoms with Gasteiger partial charge in [0.1, 0.15) is 12.4 Å². The molecule has 4 nitrogen and oxygen atoms in total. The minimum atomic E-state index is -0.894. The number of aliphatic carboxylic acids is 1. The van der Waals surface area contributed by atoms with Gasteiger partial charge in [-0.3, -0.25) is 0 Å². The van der Waals surface area contributed by atoms with Crippen LogP contribution in [0.25, 0.3) is 0 Å². The third-order valence-electron chi connectivity index (χ3n) is 1.92. The lowest BCUT2D eigenvalue weighted by Crippen LogP contribution is -2.38. The summed E-state index contributed by atoms with van der Waals surface area (Å²) in [6.07, 6.45) is 0. The molecule has 0 saturated heterocycles. The van der Waals surface area contributed by atoms with E-state index in [2.05, 4.69) is 5.32 Å². The van der Waals surface area contributed by atoms with Gasteiger partial charge in [-0.25, -0.2) is 4.79 Å². The maximum atomic E-state index is 10.6. The number of carbonyl (C=O) groups is 1. The standard InChI is InChI=1S/C9H9NO3/c11-9(12)7-5-13-8-4-2-1-3-6(8)10-7/h1-4,7,10H,5H2,(H,11,12). The van der Waals surface area contributed by atoms with Crippen LogP contribution in [0.15, 0.2) is 24.3 Å². The van der Waals surface area contributed by atoms with E-state index in [1.807, 2.05) is 12.1 Å². The van der Waals surface area contributed by atoms with Crippen LogP contribution in [-0.2, 0) is 4.79 Å². The molecule has 1 heterocycles. The average Bonchev–Trinajstić information content (AvgIpc) is 2.17. The zero-order valence-electron chi connectivity index (χ0n) is 6.86. The van der Waals surface area contributed by atoms with Gasteiger partial charge in [-0.15, -0.1) is 0 Å². The Morgan fingerprint density at radius 3 is 3.08 bits per heavy atom. The SMILES string of the molecule is O=C(O)C1COc2ccccc2N1. The molecule has 0 radical (unpaired) electrons. The number of nitrogens with one attached hydrogen (secondary N) is 1. The number of anilines is 1. The summed E-state index contributed by atoms with van der Waals surface area (Å²) in [7, 11) is 0. The number of benzene rings is 1. The van der Waals surface area contributed by atoms with Gasteiger partial charge in [-0.2, -0.15) is 0 Å². The first-order chi connectivity index (χ1) is 6.27. The molecule has 0 bridgehead atoms. The molecule has 1 aliphatic heterocycles. The number of hydrogen-bond donors (Lipinski definition) is 2. The molecule has 0 fully saturated rings. The van der Waals surface area contributed by atoms with Crippen molar-refractivity contribution >= 4 is 11.7 Å². The fourth-order valence-electron chi connectivity index (χ4n) is 1.25. The molecule has 1 aromatic carbocycles. The zero-order chi connectivity index (χ0) is 9.26. The van der Waals surface area contributed by atoms with Gasteiger partial charge in [0.25, 0.3) is 0 Å². The minimum absolute atomic E-state index is 0.173. The van der Waals surface area contributed by atoms with E-state index in [1.54, 1.807) is 12.1 Å². The number of rotatable bonds is 1. The molecule has 2 rings (SSSR count). The Morgan fingerprint density at radius 2 is 2.31 bits per heavy atom. The van der Waals surface area contributed by atoms with Crippen molar-refractivity contribution in [1.82, 2.24) is 0 Å². The Labute approximate surface area is 75.1 Å². The van der Waals surface area contributed by atoms with Crippen molar-refractivity contribution in [1.29, 1.82) is 0 Å². The fourth-order valence-corrected chi connectivity index (χ4v) is 1.25. The lowest BCUT2D eigenvalue weighted by molar-refractivity contribution is -0.138. The normalized spacial score (nSPS) is 19.5. The third kappa shape index (κ3) is 1.42. The van der Waals surface area contributed by atoms with E-state index in [0.717, 1.165) is 5.69 Å². The van der Waals surface area contributed by atoms with Gasteiger partial charge in [-0.1, -0.05) is 12.1 Å². The summed E-state index contributed by atoms with van der Waals surface area (Å²) in [5.74, 6) is -0.186. The molecule has 13 heavy (non-hydrogen) atoms. The lowest BCUT2D eigenvalue weighted by Gasteiger charge is -2.24. The summed E-state index contributed by atoms with van der Waals surface area (Å²) in [5, 5.41) is 11.6. The first kappa shape index (κ1) is 7.91. The molecule has 1 atom stereocenters. The van der Waals surface area contributed by atoms with E-state index in [4.69, 9.17) is 9.84 Å². The van der Waals surface area contributed by atoms with Crippen LogP contribution in [-0.4, -0.2) is 23.7 Å². The Balaban J connectivity index is 2.24. The minimum Gasteiger partial charge on any atom is -0.489 e. The van der Waals surface area contributed by atoms with Crippen LogP contribution in [0.2, 0.25) is 0 Å². The van der Waals surface area contributed by atoms with E-state index in [1.165, 1.54) is 0 Å². The Bertz CT molecular complexity index is 337. The van der Waals surface area contributed by atoms with Crippen LogP contribution in [0.3, 0.4) is 0 Å². The van der Waals surface area contributed by atoms with Crippen LogP contribution >= 0.6 is 0 Å². The van der Waals surface area contributed by atoms with Crippen molar-refractivity contribution in [2.24, 2.45) is 0 Å². The largest absolute Gasteiger partial charge is 0.489 e. The number of ether oxygens (including phenoxy) is 1. The van der Waals surface area contributed by atoms with Crippen LogP contribution in [0.5, 0.6) is 5.75 Å². The topological polar surface area (TPSA) is 58.6 Å². The van der Waals surface area contributed by atoms with E-state index in [9.17, 15) is 4.79 Å². The predicted molar refractivity (Wildman–Crippen MR) is 47.0 cm³/mol. The molecule has 0 aromatic heterocycles. The van der Waals surface area contributed by atoms with Crippen molar-refractivity contribution < 1.29 is 14.6 Å². The van der Waals surface area contributed by atoms with Gasteiger partial charge in [0.15, 0.2) is 6.04 Å². The second-order valence-corrected chi connectivity index (χ2v) is 2.84. The molecule has 1 aromatic rings. The molecule has 2 N–H and O–H groups in total. The first-order valence-corrected chi connectivity index (χ1v) is 3.98. The van der Waals surface area contributed by atoms with Crippen molar-refractivity contribution in [3.05, 3.63) is 24.3 Å². The number of para-hydroxylation sites is 2.